The zero-order valence-electron chi connectivity index (χ0n) is 19.7. The zero-order valence-corrected chi connectivity index (χ0v) is 19.7. The van der Waals surface area contributed by atoms with E-state index in [1.807, 2.05) is 13.8 Å². The third-order valence-corrected chi connectivity index (χ3v) is 8.66. The van der Waals surface area contributed by atoms with E-state index in [1.165, 1.54) is 31.8 Å². The molecule has 0 amide bonds. The maximum absolute atomic E-state index is 11.8. The summed E-state index contributed by atoms with van der Waals surface area (Å²) >= 11 is 0. The number of allylic oxidation sites excluding steroid dienone is 1. The number of carbonyl (C=O) groups excluding carboxylic acids is 1. The number of hydrogen-bond acceptors (Lipinski definition) is 4. The van der Waals surface area contributed by atoms with Crippen LogP contribution < -0.4 is 0 Å². The Morgan fingerprint density at radius 1 is 1.14 bits per heavy atom. The van der Waals surface area contributed by atoms with Crippen LogP contribution in [0, 0.1) is 28.6 Å². The van der Waals surface area contributed by atoms with Gasteiger partial charge in [0, 0.05) is 12.8 Å². The van der Waals surface area contributed by atoms with Gasteiger partial charge in [0.25, 0.3) is 0 Å². The smallest absolute Gasteiger partial charge is 0.302 e. The van der Waals surface area contributed by atoms with Gasteiger partial charge in [-0.1, -0.05) is 46.6 Å². The highest BCUT2D eigenvalue weighted by Gasteiger charge is 2.66. The molecule has 0 bridgehead atoms. The van der Waals surface area contributed by atoms with E-state index >= 15 is 0 Å². The summed E-state index contributed by atoms with van der Waals surface area (Å²) in [5.41, 5.74) is 3.10. The standard InChI is InChI=1S/C25H40O4/c1-15(2)25-13-10-18-19(21(25)28-23(6,7)29-25)17(14-27-16(3)26)20-22(4,5)11-9-12-24(18,20)8/h15,17,20-21H,9-14H2,1-8H3/t17-,20-,21-,24+,25-/m0/s1. The van der Waals surface area contributed by atoms with Crippen LogP contribution in [0.5, 0.6) is 0 Å². The number of rotatable bonds is 3. The van der Waals surface area contributed by atoms with Crippen LogP contribution in [0.2, 0.25) is 0 Å². The van der Waals surface area contributed by atoms with Crippen LogP contribution in [0.3, 0.4) is 0 Å². The summed E-state index contributed by atoms with van der Waals surface area (Å²) in [6, 6.07) is 0. The second-order valence-corrected chi connectivity index (χ2v) is 11.7. The summed E-state index contributed by atoms with van der Waals surface area (Å²) in [4.78, 5) is 11.8. The molecule has 5 atom stereocenters. The van der Waals surface area contributed by atoms with E-state index in [4.69, 9.17) is 14.2 Å². The molecule has 0 unspecified atom stereocenters. The van der Waals surface area contributed by atoms with Gasteiger partial charge >= 0.3 is 5.97 Å². The fourth-order valence-corrected chi connectivity index (χ4v) is 7.78. The Hall–Kier alpha value is -0.870. The van der Waals surface area contributed by atoms with Crippen LogP contribution in [0.1, 0.15) is 87.5 Å². The lowest BCUT2D eigenvalue weighted by atomic mass is 9.54. The molecule has 1 saturated heterocycles. The first-order valence-electron chi connectivity index (χ1n) is 11.6. The van der Waals surface area contributed by atoms with Crippen LogP contribution in [0.4, 0.5) is 0 Å². The van der Waals surface area contributed by atoms with Gasteiger partial charge in [-0.25, -0.2) is 0 Å². The second kappa shape index (κ2) is 6.56. The Morgan fingerprint density at radius 3 is 2.45 bits per heavy atom. The van der Waals surface area contributed by atoms with Crippen molar-refractivity contribution in [2.45, 2.75) is 105 Å². The van der Waals surface area contributed by atoms with Crippen LogP contribution in [0.25, 0.3) is 0 Å². The molecule has 0 N–H and O–H groups in total. The molecule has 4 aliphatic rings. The third kappa shape index (κ3) is 3.04. The summed E-state index contributed by atoms with van der Waals surface area (Å²) in [7, 11) is 0. The lowest BCUT2D eigenvalue weighted by molar-refractivity contribution is -0.172. The monoisotopic (exact) mass is 404 g/mol. The average molecular weight is 405 g/mol. The van der Waals surface area contributed by atoms with Crippen molar-refractivity contribution in [3.05, 3.63) is 11.1 Å². The average Bonchev–Trinajstić information content (AvgIpc) is 3.01. The van der Waals surface area contributed by atoms with E-state index < -0.39 is 5.79 Å². The van der Waals surface area contributed by atoms with Crippen molar-refractivity contribution in [2.75, 3.05) is 6.61 Å². The van der Waals surface area contributed by atoms with Gasteiger partial charge in [-0.15, -0.1) is 0 Å². The molecule has 1 saturated carbocycles. The van der Waals surface area contributed by atoms with Crippen molar-refractivity contribution in [3.8, 4) is 0 Å². The van der Waals surface area contributed by atoms with Crippen LogP contribution >= 0.6 is 0 Å². The molecule has 0 spiro atoms. The Labute approximate surface area is 176 Å². The Bertz CT molecular complexity index is 733. The molecule has 4 nitrogen and oxygen atoms in total. The van der Waals surface area contributed by atoms with Gasteiger partial charge < -0.3 is 14.2 Å². The molecule has 1 aliphatic heterocycles. The molecule has 1 heterocycles. The molecule has 4 rings (SSSR count). The number of ether oxygens (including phenoxy) is 3. The fourth-order valence-electron chi connectivity index (χ4n) is 7.78. The molecule has 0 aromatic heterocycles. The van der Waals surface area contributed by atoms with E-state index in [-0.39, 0.29) is 34.4 Å². The van der Waals surface area contributed by atoms with Crippen molar-refractivity contribution >= 4 is 5.97 Å². The summed E-state index contributed by atoms with van der Waals surface area (Å²) in [6.45, 7) is 17.9. The summed E-state index contributed by atoms with van der Waals surface area (Å²) in [5.74, 6) is 0.275. The van der Waals surface area contributed by atoms with E-state index in [0.29, 0.717) is 18.4 Å². The minimum atomic E-state index is -0.590. The van der Waals surface area contributed by atoms with Gasteiger partial charge in [0.1, 0.15) is 11.7 Å². The normalized spacial score (nSPS) is 42.4. The van der Waals surface area contributed by atoms with Crippen LogP contribution in [0.15, 0.2) is 11.1 Å². The highest BCUT2D eigenvalue weighted by molar-refractivity contribution is 5.66. The minimum absolute atomic E-state index is 0.0416. The Balaban J connectivity index is 1.85. The number of hydrogen-bond donors (Lipinski definition) is 0. The molecule has 2 fully saturated rings. The van der Waals surface area contributed by atoms with Gasteiger partial charge in [-0.3, -0.25) is 4.79 Å². The van der Waals surface area contributed by atoms with Gasteiger partial charge in [-0.05, 0) is 67.8 Å². The Kier molecular flexibility index (Phi) is 4.83. The highest BCUT2D eigenvalue weighted by atomic mass is 16.8. The summed E-state index contributed by atoms with van der Waals surface area (Å²) in [5, 5.41) is 0. The molecule has 29 heavy (non-hydrogen) atoms. The maximum atomic E-state index is 11.8. The van der Waals surface area contributed by atoms with Gasteiger partial charge in [0.05, 0.1) is 6.61 Å². The minimum Gasteiger partial charge on any atom is -0.465 e. The van der Waals surface area contributed by atoms with E-state index in [0.717, 1.165) is 12.8 Å². The highest BCUT2D eigenvalue weighted by Crippen LogP contribution is 2.68. The van der Waals surface area contributed by atoms with Crippen molar-refractivity contribution in [2.24, 2.45) is 28.6 Å². The summed E-state index contributed by atoms with van der Waals surface area (Å²) < 4.78 is 19.0. The third-order valence-electron chi connectivity index (χ3n) is 8.66. The molecular formula is C25H40O4. The van der Waals surface area contributed by atoms with Crippen LogP contribution in [-0.2, 0) is 19.0 Å². The molecule has 3 aliphatic carbocycles. The van der Waals surface area contributed by atoms with Gasteiger partial charge in [0.15, 0.2) is 5.79 Å². The molecule has 4 heteroatoms. The maximum Gasteiger partial charge on any atom is 0.302 e. The molecule has 0 aromatic carbocycles. The molecule has 0 aromatic rings. The van der Waals surface area contributed by atoms with Crippen molar-refractivity contribution in [1.82, 2.24) is 0 Å². The van der Waals surface area contributed by atoms with Crippen molar-refractivity contribution < 1.29 is 19.0 Å². The SMILES string of the molecule is CC(=O)OC[C@H]1C2=C(CC[C@@]3(C(C)C)OC(C)(C)O[C@@H]23)[C@@]2(C)CCCC(C)(C)[C@H]12. The second-order valence-electron chi connectivity index (χ2n) is 11.7. The van der Waals surface area contributed by atoms with Crippen molar-refractivity contribution in [1.29, 1.82) is 0 Å². The van der Waals surface area contributed by atoms with E-state index in [1.54, 1.807) is 5.57 Å². The summed E-state index contributed by atoms with van der Waals surface area (Å²) in [6.07, 6.45) is 5.76. The van der Waals surface area contributed by atoms with Gasteiger partial charge in [0.2, 0.25) is 0 Å². The first-order valence-corrected chi connectivity index (χ1v) is 11.6. The first-order chi connectivity index (χ1) is 13.3. The first kappa shape index (κ1) is 21.4. The van der Waals surface area contributed by atoms with Gasteiger partial charge in [-0.2, -0.15) is 0 Å². The zero-order chi connectivity index (χ0) is 21.4. The largest absolute Gasteiger partial charge is 0.465 e. The Morgan fingerprint density at radius 2 is 1.83 bits per heavy atom. The number of carbonyl (C=O) groups is 1. The predicted molar refractivity (Wildman–Crippen MR) is 113 cm³/mol. The predicted octanol–water partition coefficient (Wildman–Crippen LogP) is 5.65. The topological polar surface area (TPSA) is 44.8 Å². The molecular weight excluding hydrogens is 364 g/mol. The quantitative estimate of drug-likeness (QED) is 0.450. The van der Waals surface area contributed by atoms with E-state index in [2.05, 4.69) is 34.6 Å². The lowest BCUT2D eigenvalue weighted by Gasteiger charge is -2.51. The van der Waals surface area contributed by atoms with Crippen molar-refractivity contribution in [3.63, 3.8) is 0 Å². The van der Waals surface area contributed by atoms with E-state index in [9.17, 15) is 4.79 Å². The van der Waals surface area contributed by atoms with Crippen LogP contribution in [-0.4, -0.2) is 30.1 Å². The number of fused-ring (bicyclic) bond motifs is 4. The molecule has 164 valence electrons. The fraction of sp³-hybridized carbons (Fsp3) is 0.880. The lowest BCUT2D eigenvalue weighted by Crippen LogP contribution is -2.49. The number of esters is 1. The molecule has 0 radical (unpaired) electrons.